The summed E-state index contributed by atoms with van der Waals surface area (Å²) in [5, 5.41) is 0.595. The van der Waals surface area contributed by atoms with E-state index in [1.54, 1.807) is 7.11 Å². The van der Waals surface area contributed by atoms with Crippen LogP contribution >= 0.6 is 0 Å². The molecular weight excluding hydrogens is 436 g/mol. The van der Waals surface area contributed by atoms with Gasteiger partial charge in [0, 0.05) is 23.1 Å². The highest BCUT2D eigenvalue weighted by Crippen LogP contribution is 2.50. The first kappa shape index (κ1) is 20.4. The lowest BCUT2D eigenvalue weighted by molar-refractivity contribution is -0.135. The summed E-state index contributed by atoms with van der Waals surface area (Å²) in [6.07, 6.45) is 0.152. The molecule has 3 heterocycles. The van der Waals surface area contributed by atoms with Crippen LogP contribution in [0.25, 0.3) is 22.1 Å². The van der Waals surface area contributed by atoms with E-state index < -0.39 is 5.63 Å². The van der Waals surface area contributed by atoms with Crippen LogP contribution in [0.1, 0.15) is 29.0 Å². The number of carbonyl (C=O) groups is 1. The Balaban J connectivity index is 1.64. The summed E-state index contributed by atoms with van der Waals surface area (Å²) in [4.78, 5) is 25.2. The molecule has 7 heteroatoms. The lowest BCUT2D eigenvalue weighted by Gasteiger charge is -2.28. The van der Waals surface area contributed by atoms with Crippen molar-refractivity contribution >= 4 is 16.9 Å². The summed E-state index contributed by atoms with van der Waals surface area (Å²) in [5.41, 5.74) is 3.95. The highest BCUT2D eigenvalue weighted by atomic mass is 16.7. The molecule has 2 aliphatic heterocycles. The number of benzene rings is 3. The molecule has 170 valence electrons. The monoisotopic (exact) mass is 456 g/mol. The maximum atomic E-state index is 12.9. The van der Waals surface area contributed by atoms with Gasteiger partial charge in [-0.3, -0.25) is 4.79 Å². The number of rotatable bonds is 3. The SMILES string of the molecule is COc1cc([C@H]2CC(=O)Oc3c2c(C)cc2oc(=O)cc(-c4ccccc4)c32)cc2c1OCO2. The molecule has 7 nitrogen and oxygen atoms in total. The van der Waals surface area contributed by atoms with Gasteiger partial charge in [-0.1, -0.05) is 30.3 Å². The number of ether oxygens (including phenoxy) is 4. The summed E-state index contributed by atoms with van der Waals surface area (Å²) in [6, 6.07) is 16.5. The normalized spacial score (nSPS) is 16.3. The van der Waals surface area contributed by atoms with E-state index in [2.05, 4.69) is 0 Å². The number of methoxy groups -OCH3 is 1. The minimum absolute atomic E-state index is 0.113. The summed E-state index contributed by atoms with van der Waals surface area (Å²) >= 11 is 0. The van der Waals surface area contributed by atoms with E-state index in [9.17, 15) is 9.59 Å². The van der Waals surface area contributed by atoms with Crippen LogP contribution in [0.5, 0.6) is 23.0 Å². The van der Waals surface area contributed by atoms with Crippen LogP contribution in [-0.2, 0) is 4.79 Å². The third kappa shape index (κ3) is 3.12. The van der Waals surface area contributed by atoms with Crippen molar-refractivity contribution in [3.05, 3.63) is 81.7 Å². The second kappa shape index (κ2) is 7.66. The highest BCUT2D eigenvalue weighted by Gasteiger charge is 2.35. The molecule has 0 bridgehead atoms. The van der Waals surface area contributed by atoms with Crippen molar-refractivity contribution in [1.82, 2.24) is 0 Å². The van der Waals surface area contributed by atoms with E-state index >= 15 is 0 Å². The van der Waals surface area contributed by atoms with E-state index in [0.717, 1.165) is 22.3 Å². The molecule has 0 saturated carbocycles. The Bertz CT molecular complexity index is 1520. The van der Waals surface area contributed by atoms with Crippen molar-refractivity contribution in [2.24, 2.45) is 0 Å². The third-order valence-corrected chi connectivity index (χ3v) is 6.34. The van der Waals surface area contributed by atoms with Gasteiger partial charge in [-0.25, -0.2) is 4.79 Å². The molecule has 0 unspecified atom stereocenters. The average molecular weight is 456 g/mol. The largest absolute Gasteiger partial charge is 0.493 e. The van der Waals surface area contributed by atoms with Gasteiger partial charge in [-0.2, -0.15) is 0 Å². The number of carbonyl (C=O) groups excluding carboxylic acids is 1. The minimum atomic E-state index is -0.468. The van der Waals surface area contributed by atoms with Crippen LogP contribution in [0.4, 0.5) is 0 Å². The summed E-state index contributed by atoms with van der Waals surface area (Å²) in [7, 11) is 1.57. The molecule has 0 radical (unpaired) electrons. The fourth-order valence-corrected chi connectivity index (χ4v) is 4.88. The number of hydrogen-bond acceptors (Lipinski definition) is 7. The minimum Gasteiger partial charge on any atom is -0.493 e. The fraction of sp³-hybridized carbons (Fsp3) is 0.185. The van der Waals surface area contributed by atoms with E-state index in [-0.39, 0.29) is 25.1 Å². The van der Waals surface area contributed by atoms with Gasteiger partial charge in [0.05, 0.1) is 18.9 Å². The molecule has 2 aliphatic rings. The predicted octanol–water partition coefficient (Wildman–Crippen LogP) is 4.95. The number of aryl methyl sites for hydroxylation is 1. The van der Waals surface area contributed by atoms with Gasteiger partial charge in [0.1, 0.15) is 11.3 Å². The maximum Gasteiger partial charge on any atom is 0.336 e. The van der Waals surface area contributed by atoms with E-state index in [4.69, 9.17) is 23.4 Å². The summed E-state index contributed by atoms with van der Waals surface area (Å²) in [6.45, 7) is 2.03. The Morgan fingerprint density at radius 2 is 1.79 bits per heavy atom. The van der Waals surface area contributed by atoms with Crippen molar-refractivity contribution in [1.29, 1.82) is 0 Å². The van der Waals surface area contributed by atoms with Gasteiger partial charge >= 0.3 is 11.6 Å². The predicted molar refractivity (Wildman–Crippen MR) is 124 cm³/mol. The second-order valence-corrected chi connectivity index (χ2v) is 8.34. The molecule has 34 heavy (non-hydrogen) atoms. The Hall–Kier alpha value is -4.26. The van der Waals surface area contributed by atoms with Crippen LogP contribution in [0, 0.1) is 6.92 Å². The average Bonchev–Trinajstić information content (AvgIpc) is 3.31. The molecule has 1 atom stereocenters. The lowest BCUT2D eigenvalue weighted by Crippen LogP contribution is -2.22. The van der Waals surface area contributed by atoms with Crippen molar-refractivity contribution < 1.29 is 28.2 Å². The molecule has 0 saturated heterocycles. The van der Waals surface area contributed by atoms with Crippen molar-refractivity contribution in [2.45, 2.75) is 19.3 Å². The first-order valence-electron chi connectivity index (χ1n) is 10.9. The molecule has 6 rings (SSSR count). The molecule has 4 aromatic rings. The second-order valence-electron chi connectivity index (χ2n) is 8.34. The Kier molecular flexibility index (Phi) is 4.58. The van der Waals surface area contributed by atoms with E-state index in [0.29, 0.717) is 39.5 Å². The zero-order valence-electron chi connectivity index (χ0n) is 18.5. The van der Waals surface area contributed by atoms with Gasteiger partial charge in [0.25, 0.3) is 0 Å². The third-order valence-electron chi connectivity index (χ3n) is 6.34. The molecule has 0 aliphatic carbocycles. The molecule has 0 amide bonds. The zero-order valence-corrected chi connectivity index (χ0v) is 18.5. The Labute approximate surface area is 194 Å². The Morgan fingerprint density at radius 1 is 0.971 bits per heavy atom. The number of fused-ring (bicyclic) bond motifs is 4. The van der Waals surface area contributed by atoms with Gasteiger partial charge < -0.3 is 23.4 Å². The molecule has 3 aromatic carbocycles. The van der Waals surface area contributed by atoms with Crippen molar-refractivity contribution in [3.63, 3.8) is 0 Å². The topological polar surface area (TPSA) is 84.2 Å². The number of esters is 1. The molecule has 0 N–H and O–H groups in total. The highest BCUT2D eigenvalue weighted by molar-refractivity contribution is 6.01. The van der Waals surface area contributed by atoms with Gasteiger partial charge in [0.15, 0.2) is 11.5 Å². The summed E-state index contributed by atoms with van der Waals surface area (Å²) in [5.74, 6) is 1.40. The maximum absolute atomic E-state index is 12.9. The summed E-state index contributed by atoms with van der Waals surface area (Å²) < 4.78 is 28.0. The van der Waals surface area contributed by atoms with Crippen LogP contribution in [0.2, 0.25) is 0 Å². The number of hydrogen-bond donors (Lipinski definition) is 0. The van der Waals surface area contributed by atoms with Gasteiger partial charge in [-0.05, 0) is 41.8 Å². The quantitative estimate of drug-likeness (QED) is 0.245. The standard InChI is InChI=1S/C27H20O7/c1-14-8-19-25(17(11-22(28)33-19)15-6-4-3-5-7-15)27-24(14)18(12-23(29)34-27)16-9-20(30-2)26-21(10-16)31-13-32-26/h3-11,18H,12-13H2,1-2H3/t18-/m1/s1. The van der Waals surface area contributed by atoms with E-state index in [1.807, 2.05) is 55.5 Å². The van der Waals surface area contributed by atoms with Crippen LogP contribution in [0.15, 0.2) is 63.8 Å². The zero-order chi connectivity index (χ0) is 23.4. The van der Waals surface area contributed by atoms with Gasteiger partial charge in [0.2, 0.25) is 12.5 Å². The first-order valence-corrected chi connectivity index (χ1v) is 10.9. The lowest BCUT2D eigenvalue weighted by atomic mass is 9.82. The van der Waals surface area contributed by atoms with Crippen LogP contribution in [-0.4, -0.2) is 19.9 Å². The first-order chi connectivity index (χ1) is 16.5. The smallest absolute Gasteiger partial charge is 0.336 e. The molecular formula is C27H20O7. The van der Waals surface area contributed by atoms with E-state index in [1.165, 1.54) is 6.07 Å². The van der Waals surface area contributed by atoms with Crippen LogP contribution < -0.4 is 24.6 Å². The fourth-order valence-electron chi connectivity index (χ4n) is 4.88. The Morgan fingerprint density at radius 3 is 2.59 bits per heavy atom. The van der Waals surface area contributed by atoms with Crippen LogP contribution in [0.3, 0.4) is 0 Å². The van der Waals surface area contributed by atoms with Crippen molar-refractivity contribution in [2.75, 3.05) is 13.9 Å². The van der Waals surface area contributed by atoms with Crippen molar-refractivity contribution in [3.8, 4) is 34.1 Å². The van der Waals surface area contributed by atoms with Gasteiger partial charge in [-0.15, -0.1) is 0 Å². The molecule has 0 fully saturated rings. The molecule has 0 spiro atoms. The molecule has 1 aromatic heterocycles.